The monoisotopic (exact) mass is 462 g/mol. The van der Waals surface area contributed by atoms with Crippen molar-refractivity contribution < 1.29 is 23.6 Å². The topological polar surface area (TPSA) is 90.7 Å². The number of esters is 1. The number of hydrogen-bond acceptors (Lipinski definition) is 6. The molecule has 2 aromatic carbocycles. The molecule has 0 unspecified atom stereocenters. The quantitative estimate of drug-likeness (QED) is 0.339. The van der Waals surface area contributed by atoms with Gasteiger partial charge in [0.15, 0.2) is 0 Å². The lowest BCUT2D eigenvalue weighted by Crippen LogP contribution is -2.44. The summed E-state index contributed by atoms with van der Waals surface area (Å²) in [5, 5.41) is 6.88. The van der Waals surface area contributed by atoms with Gasteiger partial charge in [-0.15, -0.1) is 0 Å². The molecule has 0 spiro atoms. The molecule has 0 aliphatic carbocycles. The Bertz CT molecular complexity index is 1120. The first-order valence-electron chi connectivity index (χ1n) is 11.3. The van der Waals surface area contributed by atoms with E-state index < -0.39 is 12.0 Å². The molecular formula is C27H30N2O5. The zero-order chi connectivity index (χ0) is 24.5. The summed E-state index contributed by atoms with van der Waals surface area (Å²) in [4.78, 5) is 24.3. The largest absolute Gasteiger partial charge is 0.489 e. The molecule has 7 nitrogen and oxygen atoms in total. The second-order valence-electron chi connectivity index (χ2n) is 8.11. The summed E-state index contributed by atoms with van der Waals surface area (Å²) in [5.74, 6) is 0.530. The van der Waals surface area contributed by atoms with E-state index in [1.807, 2.05) is 75.4 Å². The highest BCUT2D eigenvalue weighted by molar-refractivity contribution is 5.94. The van der Waals surface area contributed by atoms with E-state index in [1.54, 1.807) is 13.0 Å². The standard InChI is InChI=1S/C27H30N2O5/c1-5-32-27(31)25(18(2)3)28-24(30)16-13-20-11-14-22(15-12-20)33-17-23-19(4)34-29-26(23)21-9-7-6-8-10-21/h6-16,18,25H,5,17H2,1-4H3,(H,28,30)/b16-13+/t25-/m0/s1. The minimum Gasteiger partial charge on any atom is -0.489 e. The lowest BCUT2D eigenvalue weighted by atomic mass is 10.0. The zero-order valence-electron chi connectivity index (χ0n) is 19.9. The van der Waals surface area contributed by atoms with Crippen LogP contribution in [0.4, 0.5) is 0 Å². The predicted octanol–water partition coefficient (Wildman–Crippen LogP) is 4.95. The SMILES string of the molecule is CCOC(=O)[C@@H](NC(=O)/C=C/c1ccc(OCc2c(-c3ccccc3)noc2C)cc1)C(C)C. The Morgan fingerprint density at radius 1 is 1.09 bits per heavy atom. The van der Waals surface area contributed by atoms with Gasteiger partial charge >= 0.3 is 5.97 Å². The molecule has 0 radical (unpaired) electrons. The van der Waals surface area contributed by atoms with Gasteiger partial charge in [-0.25, -0.2) is 4.79 Å². The fourth-order valence-corrected chi connectivity index (χ4v) is 3.32. The van der Waals surface area contributed by atoms with Crippen molar-refractivity contribution in [2.75, 3.05) is 6.61 Å². The van der Waals surface area contributed by atoms with Gasteiger partial charge in [-0.2, -0.15) is 0 Å². The number of carbonyl (C=O) groups excluding carboxylic acids is 2. The second kappa shape index (κ2) is 11.8. The fourth-order valence-electron chi connectivity index (χ4n) is 3.32. The molecule has 1 aromatic heterocycles. The van der Waals surface area contributed by atoms with Gasteiger partial charge in [0.25, 0.3) is 0 Å². The molecule has 178 valence electrons. The number of benzene rings is 2. The van der Waals surface area contributed by atoms with E-state index in [0.717, 1.165) is 22.4 Å². The maximum atomic E-state index is 12.3. The van der Waals surface area contributed by atoms with E-state index in [1.165, 1.54) is 6.08 Å². The Morgan fingerprint density at radius 2 is 1.79 bits per heavy atom. The molecule has 34 heavy (non-hydrogen) atoms. The lowest BCUT2D eigenvalue weighted by molar-refractivity contribution is -0.148. The Morgan fingerprint density at radius 3 is 2.44 bits per heavy atom. The lowest BCUT2D eigenvalue weighted by Gasteiger charge is -2.19. The van der Waals surface area contributed by atoms with Gasteiger partial charge in [-0.1, -0.05) is 61.5 Å². The van der Waals surface area contributed by atoms with Gasteiger partial charge in [0.05, 0.1) is 12.2 Å². The second-order valence-corrected chi connectivity index (χ2v) is 8.11. The van der Waals surface area contributed by atoms with Crippen LogP contribution in [0.3, 0.4) is 0 Å². The van der Waals surface area contributed by atoms with Crippen molar-refractivity contribution in [3.63, 3.8) is 0 Å². The van der Waals surface area contributed by atoms with Crippen molar-refractivity contribution in [3.05, 3.63) is 77.6 Å². The van der Waals surface area contributed by atoms with Crippen LogP contribution in [0.25, 0.3) is 17.3 Å². The van der Waals surface area contributed by atoms with Crippen LogP contribution in [0.2, 0.25) is 0 Å². The van der Waals surface area contributed by atoms with Crippen molar-refractivity contribution in [2.45, 2.75) is 40.3 Å². The molecule has 0 aliphatic heterocycles. The van der Waals surface area contributed by atoms with Crippen LogP contribution < -0.4 is 10.1 Å². The number of nitrogens with zero attached hydrogens (tertiary/aromatic N) is 1. The summed E-state index contributed by atoms with van der Waals surface area (Å²) in [6.45, 7) is 7.90. The van der Waals surface area contributed by atoms with E-state index in [2.05, 4.69) is 10.5 Å². The molecular weight excluding hydrogens is 432 g/mol. The van der Waals surface area contributed by atoms with E-state index in [9.17, 15) is 9.59 Å². The van der Waals surface area contributed by atoms with Crippen LogP contribution in [0.5, 0.6) is 5.75 Å². The molecule has 0 bridgehead atoms. The van der Waals surface area contributed by atoms with Gasteiger partial charge in [0.2, 0.25) is 5.91 Å². The van der Waals surface area contributed by atoms with Crippen molar-refractivity contribution in [1.82, 2.24) is 10.5 Å². The highest BCUT2D eigenvalue weighted by atomic mass is 16.5. The first-order chi connectivity index (χ1) is 16.4. The minimum atomic E-state index is -0.686. The minimum absolute atomic E-state index is 0.0793. The summed E-state index contributed by atoms with van der Waals surface area (Å²) < 4.78 is 16.4. The normalized spacial score (nSPS) is 12.0. The van der Waals surface area contributed by atoms with Crippen LogP contribution in [0.1, 0.15) is 37.7 Å². The Balaban J connectivity index is 1.59. The van der Waals surface area contributed by atoms with Crippen molar-refractivity contribution in [2.24, 2.45) is 5.92 Å². The summed E-state index contributed by atoms with van der Waals surface area (Å²) in [6.07, 6.45) is 3.08. The number of amides is 1. The number of nitrogens with one attached hydrogen (secondary N) is 1. The predicted molar refractivity (Wildman–Crippen MR) is 130 cm³/mol. The number of ether oxygens (including phenoxy) is 2. The molecule has 0 saturated heterocycles. The van der Waals surface area contributed by atoms with Gasteiger partial charge in [-0.3, -0.25) is 4.79 Å². The van der Waals surface area contributed by atoms with E-state index in [0.29, 0.717) is 18.1 Å². The van der Waals surface area contributed by atoms with Crippen LogP contribution >= 0.6 is 0 Å². The fraction of sp³-hybridized carbons (Fsp3) is 0.296. The average molecular weight is 463 g/mol. The molecule has 0 saturated carbocycles. The summed E-state index contributed by atoms with van der Waals surface area (Å²) in [7, 11) is 0. The number of hydrogen-bond donors (Lipinski definition) is 1. The zero-order valence-corrected chi connectivity index (χ0v) is 19.9. The summed E-state index contributed by atoms with van der Waals surface area (Å²) >= 11 is 0. The third-order valence-corrected chi connectivity index (χ3v) is 5.23. The molecule has 3 aromatic rings. The van der Waals surface area contributed by atoms with E-state index in [-0.39, 0.29) is 18.4 Å². The Labute approximate surface area is 199 Å². The number of carbonyl (C=O) groups is 2. The van der Waals surface area contributed by atoms with Crippen molar-refractivity contribution in [3.8, 4) is 17.0 Å². The van der Waals surface area contributed by atoms with Crippen LogP contribution in [-0.2, 0) is 20.9 Å². The van der Waals surface area contributed by atoms with E-state index >= 15 is 0 Å². The number of aryl methyl sites for hydroxylation is 1. The summed E-state index contributed by atoms with van der Waals surface area (Å²) in [5.41, 5.74) is 3.46. The molecule has 3 rings (SSSR count). The maximum absolute atomic E-state index is 12.3. The molecule has 0 fully saturated rings. The first-order valence-corrected chi connectivity index (χ1v) is 11.3. The molecule has 1 atom stereocenters. The van der Waals surface area contributed by atoms with Crippen molar-refractivity contribution >= 4 is 18.0 Å². The highest BCUT2D eigenvalue weighted by Crippen LogP contribution is 2.26. The Kier molecular flexibility index (Phi) is 8.62. The summed E-state index contributed by atoms with van der Waals surface area (Å²) in [6, 6.07) is 16.5. The molecule has 7 heteroatoms. The first kappa shape index (κ1) is 24.8. The highest BCUT2D eigenvalue weighted by Gasteiger charge is 2.24. The Hall–Kier alpha value is -3.87. The van der Waals surface area contributed by atoms with Crippen molar-refractivity contribution in [1.29, 1.82) is 0 Å². The van der Waals surface area contributed by atoms with Gasteiger partial charge in [-0.05, 0) is 43.5 Å². The van der Waals surface area contributed by atoms with Crippen LogP contribution in [0, 0.1) is 12.8 Å². The average Bonchev–Trinajstić information content (AvgIpc) is 3.21. The number of aromatic nitrogens is 1. The third kappa shape index (κ3) is 6.57. The third-order valence-electron chi connectivity index (χ3n) is 5.23. The van der Waals surface area contributed by atoms with Gasteiger partial charge in [0, 0.05) is 11.6 Å². The molecule has 0 aliphatic rings. The van der Waals surface area contributed by atoms with Crippen LogP contribution in [-0.4, -0.2) is 29.7 Å². The molecule has 1 amide bonds. The smallest absolute Gasteiger partial charge is 0.328 e. The van der Waals surface area contributed by atoms with Gasteiger partial charge < -0.3 is 19.3 Å². The molecule has 1 heterocycles. The molecule has 1 N–H and O–H groups in total. The van der Waals surface area contributed by atoms with Gasteiger partial charge in [0.1, 0.15) is 29.9 Å². The maximum Gasteiger partial charge on any atom is 0.328 e. The van der Waals surface area contributed by atoms with E-state index in [4.69, 9.17) is 14.0 Å². The van der Waals surface area contributed by atoms with Crippen LogP contribution in [0.15, 0.2) is 65.2 Å². The number of rotatable bonds is 10.